The Morgan fingerprint density at radius 2 is 1.69 bits per heavy atom. The Kier molecular flexibility index (Phi) is 11.4. The van der Waals surface area contributed by atoms with E-state index in [1.165, 1.54) is 25.7 Å². The fraction of sp³-hybridized carbons (Fsp3) is 0.667. The van der Waals surface area contributed by atoms with Crippen LogP contribution >= 0.6 is 0 Å². The molecule has 0 saturated carbocycles. The predicted molar refractivity (Wildman–Crippen MR) is 117 cm³/mol. The molecule has 0 aromatic heterocycles. The van der Waals surface area contributed by atoms with Crippen LogP contribution in [0, 0.1) is 5.92 Å². The molecule has 2 amide bonds. The second-order valence-corrected chi connectivity index (χ2v) is 7.98. The normalized spacial score (nSPS) is 22.1. The van der Waals surface area contributed by atoms with Crippen LogP contribution in [0.4, 0.5) is 0 Å². The van der Waals surface area contributed by atoms with Gasteiger partial charge in [0.1, 0.15) is 6.10 Å². The summed E-state index contributed by atoms with van der Waals surface area (Å²) in [6.07, 6.45) is 24.7. The number of carbonyl (C=O) groups excluding carboxylic acids is 2. The maximum absolute atomic E-state index is 12.3. The zero-order valence-corrected chi connectivity index (χ0v) is 18.0. The Bertz CT molecular complexity index is 583. The van der Waals surface area contributed by atoms with Gasteiger partial charge in [-0.1, -0.05) is 56.2 Å². The molecule has 2 unspecified atom stereocenters. The Morgan fingerprint density at radius 1 is 1.03 bits per heavy atom. The highest BCUT2D eigenvalue weighted by molar-refractivity contribution is 5.82. The first-order valence-electron chi connectivity index (χ1n) is 11.4. The van der Waals surface area contributed by atoms with Crippen molar-refractivity contribution in [3.05, 3.63) is 36.5 Å². The van der Waals surface area contributed by atoms with E-state index in [4.69, 9.17) is 4.84 Å². The lowest BCUT2D eigenvalue weighted by Crippen LogP contribution is -2.46. The van der Waals surface area contributed by atoms with Crippen molar-refractivity contribution in [2.24, 2.45) is 5.92 Å². The molecular formula is C24H38N2O3. The van der Waals surface area contributed by atoms with Crippen LogP contribution in [-0.4, -0.2) is 35.9 Å². The Hall–Kier alpha value is -1.88. The minimum Gasteiger partial charge on any atom is -0.342 e. The minimum absolute atomic E-state index is 0.0625. The standard InChI is InChI=1S/C24H38N2O3/c1-2-3-4-5-6-7-8-9-10-11-12-13-14-15-16-17-23(27)26-19-18-22-21(20-26)24(28)25-29-22/h6-7,9-10,12-13,21-22H,2-5,8,11,14-20H2,1H3,(H,25,28). The first-order valence-corrected chi connectivity index (χ1v) is 11.4. The van der Waals surface area contributed by atoms with Crippen molar-refractivity contribution in [2.75, 3.05) is 13.1 Å². The van der Waals surface area contributed by atoms with Crippen LogP contribution in [0.2, 0.25) is 0 Å². The number of hydroxylamine groups is 1. The van der Waals surface area contributed by atoms with E-state index in [1.807, 2.05) is 4.90 Å². The molecule has 162 valence electrons. The van der Waals surface area contributed by atoms with E-state index in [9.17, 15) is 9.59 Å². The molecule has 0 bridgehead atoms. The number of rotatable bonds is 13. The number of nitrogens with zero attached hydrogens (tertiary/aromatic N) is 1. The molecule has 5 heteroatoms. The average molecular weight is 403 g/mol. The lowest BCUT2D eigenvalue weighted by molar-refractivity contribution is -0.135. The third kappa shape index (κ3) is 8.99. The highest BCUT2D eigenvalue weighted by Crippen LogP contribution is 2.24. The molecular weight excluding hydrogens is 364 g/mol. The van der Waals surface area contributed by atoms with Gasteiger partial charge >= 0.3 is 0 Å². The van der Waals surface area contributed by atoms with Gasteiger partial charge in [0.05, 0.1) is 5.92 Å². The van der Waals surface area contributed by atoms with Crippen molar-refractivity contribution in [3.63, 3.8) is 0 Å². The maximum Gasteiger partial charge on any atom is 0.251 e. The van der Waals surface area contributed by atoms with Crippen molar-refractivity contribution >= 4 is 11.8 Å². The number of hydrogen-bond acceptors (Lipinski definition) is 3. The second kappa shape index (κ2) is 14.2. The number of unbranched alkanes of at least 4 members (excludes halogenated alkanes) is 5. The van der Waals surface area contributed by atoms with Crippen LogP contribution in [0.15, 0.2) is 36.5 Å². The molecule has 2 atom stereocenters. The van der Waals surface area contributed by atoms with Crippen molar-refractivity contribution in [2.45, 2.75) is 83.7 Å². The van der Waals surface area contributed by atoms with Crippen LogP contribution < -0.4 is 5.48 Å². The van der Waals surface area contributed by atoms with E-state index in [-0.39, 0.29) is 23.8 Å². The number of nitrogens with one attached hydrogen (secondary N) is 1. The van der Waals surface area contributed by atoms with Crippen LogP contribution in [-0.2, 0) is 14.4 Å². The van der Waals surface area contributed by atoms with Gasteiger partial charge in [-0.15, -0.1) is 0 Å². The van der Waals surface area contributed by atoms with Gasteiger partial charge in [-0.3, -0.25) is 14.4 Å². The Labute approximate surface area is 176 Å². The smallest absolute Gasteiger partial charge is 0.251 e. The molecule has 0 aromatic rings. The topological polar surface area (TPSA) is 58.6 Å². The van der Waals surface area contributed by atoms with Crippen molar-refractivity contribution < 1.29 is 14.4 Å². The largest absolute Gasteiger partial charge is 0.342 e. The first-order chi connectivity index (χ1) is 14.2. The van der Waals surface area contributed by atoms with Crippen LogP contribution in [0.3, 0.4) is 0 Å². The summed E-state index contributed by atoms with van der Waals surface area (Å²) in [5, 5.41) is 0. The van der Waals surface area contributed by atoms with E-state index in [0.717, 1.165) is 38.5 Å². The molecule has 0 aromatic carbocycles. The summed E-state index contributed by atoms with van der Waals surface area (Å²) >= 11 is 0. The number of piperidine rings is 1. The van der Waals surface area contributed by atoms with Gasteiger partial charge in [0, 0.05) is 19.5 Å². The Morgan fingerprint density at radius 3 is 2.38 bits per heavy atom. The van der Waals surface area contributed by atoms with Gasteiger partial charge < -0.3 is 4.90 Å². The summed E-state index contributed by atoms with van der Waals surface area (Å²) in [6, 6.07) is 0. The van der Waals surface area contributed by atoms with Crippen LogP contribution in [0.5, 0.6) is 0 Å². The summed E-state index contributed by atoms with van der Waals surface area (Å²) in [5.74, 6) is -0.118. The van der Waals surface area contributed by atoms with E-state index in [0.29, 0.717) is 19.5 Å². The number of likely N-dealkylation sites (tertiary alicyclic amines) is 1. The molecule has 2 rings (SSSR count). The molecule has 2 saturated heterocycles. The van der Waals surface area contributed by atoms with E-state index in [2.05, 4.69) is 48.9 Å². The second-order valence-electron chi connectivity index (χ2n) is 7.98. The van der Waals surface area contributed by atoms with Gasteiger partial charge in [-0.05, 0) is 51.4 Å². The SMILES string of the molecule is CCCCCC=CCC=CCC=CCCCCC(=O)N1CCC2ONC(=O)C2C1. The van der Waals surface area contributed by atoms with E-state index < -0.39 is 0 Å². The van der Waals surface area contributed by atoms with E-state index >= 15 is 0 Å². The zero-order chi connectivity index (χ0) is 20.7. The van der Waals surface area contributed by atoms with Crippen molar-refractivity contribution in [1.29, 1.82) is 0 Å². The van der Waals surface area contributed by atoms with Crippen LogP contribution in [0.1, 0.15) is 77.6 Å². The molecule has 0 radical (unpaired) electrons. The summed E-state index contributed by atoms with van der Waals surface area (Å²) in [6.45, 7) is 3.42. The molecule has 2 fully saturated rings. The van der Waals surface area contributed by atoms with Crippen molar-refractivity contribution in [3.8, 4) is 0 Å². The predicted octanol–water partition coefficient (Wildman–Crippen LogP) is 4.85. The minimum atomic E-state index is -0.194. The van der Waals surface area contributed by atoms with Gasteiger partial charge in [-0.25, -0.2) is 5.48 Å². The summed E-state index contributed by atoms with van der Waals surface area (Å²) in [4.78, 5) is 31.1. The highest BCUT2D eigenvalue weighted by Gasteiger charge is 2.41. The van der Waals surface area contributed by atoms with E-state index in [1.54, 1.807) is 0 Å². The number of amides is 2. The number of hydrogen-bond donors (Lipinski definition) is 1. The molecule has 0 aliphatic carbocycles. The molecule has 29 heavy (non-hydrogen) atoms. The number of fused-ring (bicyclic) bond motifs is 1. The molecule has 0 spiro atoms. The van der Waals surface area contributed by atoms with Gasteiger partial charge in [-0.2, -0.15) is 0 Å². The molecule has 5 nitrogen and oxygen atoms in total. The quantitative estimate of drug-likeness (QED) is 0.354. The molecule has 2 aliphatic heterocycles. The van der Waals surface area contributed by atoms with Crippen LogP contribution in [0.25, 0.3) is 0 Å². The number of carbonyl (C=O) groups is 2. The zero-order valence-electron chi connectivity index (χ0n) is 18.0. The maximum atomic E-state index is 12.3. The van der Waals surface area contributed by atoms with Gasteiger partial charge in [0.15, 0.2) is 0 Å². The molecule has 1 N–H and O–H groups in total. The summed E-state index contributed by atoms with van der Waals surface area (Å²) in [5.41, 5.74) is 2.43. The lowest BCUT2D eigenvalue weighted by atomic mass is 9.94. The van der Waals surface area contributed by atoms with Gasteiger partial charge in [0.2, 0.25) is 5.91 Å². The Balaban J connectivity index is 1.45. The van der Waals surface area contributed by atoms with Gasteiger partial charge in [0.25, 0.3) is 5.91 Å². The summed E-state index contributed by atoms with van der Waals surface area (Å²) < 4.78 is 0. The third-order valence-electron chi connectivity index (χ3n) is 5.58. The first kappa shape index (κ1) is 23.4. The molecule has 2 aliphatic rings. The monoisotopic (exact) mass is 402 g/mol. The highest BCUT2D eigenvalue weighted by atomic mass is 16.7. The van der Waals surface area contributed by atoms with Crippen molar-refractivity contribution in [1.82, 2.24) is 10.4 Å². The lowest BCUT2D eigenvalue weighted by Gasteiger charge is -2.32. The fourth-order valence-corrected chi connectivity index (χ4v) is 3.75. The molecule has 2 heterocycles. The average Bonchev–Trinajstić information content (AvgIpc) is 3.11. The summed E-state index contributed by atoms with van der Waals surface area (Å²) in [7, 11) is 0. The fourth-order valence-electron chi connectivity index (χ4n) is 3.75. The third-order valence-corrected chi connectivity index (χ3v) is 5.58. The number of allylic oxidation sites excluding steroid dienone is 6.